The van der Waals surface area contributed by atoms with Gasteiger partial charge in [-0.25, -0.2) is 9.18 Å². The van der Waals surface area contributed by atoms with Crippen molar-refractivity contribution >= 4 is 39.0 Å². The molecule has 1 aliphatic rings. The minimum atomic E-state index is -0.768. The molecule has 0 radical (unpaired) electrons. The Morgan fingerprint density at radius 1 is 1.12 bits per heavy atom. The summed E-state index contributed by atoms with van der Waals surface area (Å²) in [6.45, 7) is 3.56. The number of hydrogen-bond donors (Lipinski definition) is 1. The van der Waals surface area contributed by atoms with Gasteiger partial charge in [0, 0.05) is 23.9 Å². The van der Waals surface area contributed by atoms with Crippen molar-refractivity contribution in [1.82, 2.24) is 0 Å². The molecule has 1 aliphatic heterocycles. The average molecular weight is 326 g/mol. The van der Waals surface area contributed by atoms with Gasteiger partial charge in [0.25, 0.3) is 5.91 Å². The molecule has 1 amide bonds. The summed E-state index contributed by atoms with van der Waals surface area (Å²) in [6, 6.07) is 7.69. The Morgan fingerprint density at radius 2 is 1.83 bits per heavy atom. The molecule has 0 aliphatic carbocycles. The van der Waals surface area contributed by atoms with Crippen molar-refractivity contribution in [1.29, 1.82) is 0 Å². The molecule has 2 heterocycles. The largest absolute Gasteiger partial charge is 0.422 e. The van der Waals surface area contributed by atoms with E-state index in [2.05, 4.69) is 5.32 Å². The molecule has 2 aromatic carbocycles. The average Bonchev–Trinajstić information content (AvgIpc) is 2.51. The molecular formula is C18H15FN2O3. The van der Waals surface area contributed by atoms with Gasteiger partial charge in [-0.1, -0.05) is 6.07 Å². The summed E-state index contributed by atoms with van der Waals surface area (Å²) in [4.78, 5) is 26.6. The van der Waals surface area contributed by atoms with Crippen LogP contribution < -0.4 is 15.8 Å². The van der Waals surface area contributed by atoms with E-state index in [0.29, 0.717) is 27.5 Å². The zero-order valence-electron chi connectivity index (χ0n) is 13.4. The molecule has 1 N–H and O–H groups in total. The van der Waals surface area contributed by atoms with E-state index >= 15 is 0 Å². The molecule has 0 fully saturated rings. The Balaban J connectivity index is 2.16. The zero-order valence-corrected chi connectivity index (χ0v) is 13.4. The molecular weight excluding hydrogens is 311 g/mol. The van der Waals surface area contributed by atoms with Crippen LogP contribution in [0.3, 0.4) is 0 Å². The van der Waals surface area contributed by atoms with Crippen LogP contribution in [0.25, 0.3) is 21.7 Å². The maximum atomic E-state index is 13.4. The predicted octanol–water partition coefficient (Wildman–Crippen LogP) is 3.25. The van der Waals surface area contributed by atoms with Gasteiger partial charge >= 0.3 is 5.63 Å². The number of carbonyl (C=O) groups excluding carboxylic acids is 1. The van der Waals surface area contributed by atoms with E-state index in [-0.39, 0.29) is 11.5 Å². The number of amides is 1. The first kappa shape index (κ1) is 14.7. The van der Waals surface area contributed by atoms with Gasteiger partial charge in [-0.2, -0.15) is 0 Å². The molecule has 3 aromatic rings. The van der Waals surface area contributed by atoms with Gasteiger partial charge in [-0.05, 0) is 32.0 Å². The van der Waals surface area contributed by atoms with Crippen molar-refractivity contribution in [2.45, 2.75) is 19.4 Å². The number of carbonyl (C=O) groups is 1. The number of likely N-dealkylation sites (N-methyl/N-ethyl adjacent to an activating group) is 1. The molecule has 0 atom stereocenters. The lowest BCUT2D eigenvalue weighted by atomic mass is 9.96. The van der Waals surface area contributed by atoms with Crippen LogP contribution in [0.15, 0.2) is 39.5 Å². The van der Waals surface area contributed by atoms with E-state index in [9.17, 15) is 14.0 Å². The van der Waals surface area contributed by atoms with Crippen LogP contribution in [0, 0.1) is 5.82 Å². The second-order valence-electron chi connectivity index (χ2n) is 6.53. The van der Waals surface area contributed by atoms with E-state index in [0.717, 1.165) is 0 Å². The predicted molar refractivity (Wildman–Crippen MR) is 91.1 cm³/mol. The zero-order chi connectivity index (χ0) is 17.2. The van der Waals surface area contributed by atoms with E-state index in [1.54, 1.807) is 33.0 Å². The van der Waals surface area contributed by atoms with E-state index in [1.165, 1.54) is 17.0 Å². The van der Waals surface area contributed by atoms with E-state index in [4.69, 9.17) is 4.42 Å². The first-order valence-electron chi connectivity index (χ1n) is 7.55. The van der Waals surface area contributed by atoms with Crippen molar-refractivity contribution < 1.29 is 13.6 Å². The minimum Gasteiger partial charge on any atom is -0.422 e. The minimum absolute atomic E-state index is 0.152. The van der Waals surface area contributed by atoms with Crippen LogP contribution in [0.1, 0.15) is 13.8 Å². The number of nitrogens with zero attached hydrogens (tertiary/aromatic N) is 1. The molecule has 0 spiro atoms. The van der Waals surface area contributed by atoms with Crippen molar-refractivity contribution in [2.75, 3.05) is 17.3 Å². The molecule has 0 saturated heterocycles. The number of nitrogens with one attached hydrogen (secondary N) is 1. The van der Waals surface area contributed by atoms with Gasteiger partial charge < -0.3 is 14.6 Å². The van der Waals surface area contributed by atoms with Crippen molar-refractivity contribution in [3.8, 4) is 0 Å². The van der Waals surface area contributed by atoms with Gasteiger partial charge in [0.2, 0.25) is 0 Å². The highest BCUT2D eigenvalue weighted by Crippen LogP contribution is 2.40. The Bertz CT molecular complexity index is 1080. The normalized spacial score (nSPS) is 16.3. The van der Waals surface area contributed by atoms with E-state index < -0.39 is 17.0 Å². The van der Waals surface area contributed by atoms with Gasteiger partial charge in [0.1, 0.15) is 16.9 Å². The van der Waals surface area contributed by atoms with Gasteiger partial charge in [-0.3, -0.25) is 4.79 Å². The van der Waals surface area contributed by atoms with Crippen molar-refractivity contribution in [3.63, 3.8) is 0 Å². The Kier molecular flexibility index (Phi) is 2.79. The first-order chi connectivity index (χ1) is 11.3. The highest BCUT2D eigenvalue weighted by Gasteiger charge is 2.38. The lowest BCUT2D eigenvalue weighted by Gasteiger charge is -2.38. The fraction of sp³-hybridized carbons (Fsp3) is 0.222. The summed E-state index contributed by atoms with van der Waals surface area (Å²) in [5.41, 5.74) is -0.0120. The number of fused-ring (bicyclic) bond motifs is 5. The third-order valence-corrected chi connectivity index (χ3v) is 4.44. The molecule has 1 aromatic heterocycles. The Hall–Kier alpha value is -2.89. The lowest BCUT2D eigenvalue weighted by Crippen LogP contribution is -2.52. The highest BCUT2D eigenvalue weighted by molar-refractivity contribution is 6.18. The topological polar surface area (TPSA) is 62.6 Å². The standard InChI is InChI=1S/C18H15FN2O3/c1-18(2)17(23)21(3)15-12(20-18)7-6-11-10-5-4-9(19)8-13(10)24-16(22)14(11)15/h4-8,20H,1-3H3. The number of anilines is 2. The van der Waals surface area contributed by atoms with Crippen molar-refractivity contribution in [3.05, 3.63) is 46.6 Å². The molecule has 0 unspecified atom stereocenters. The SMILES string of the molecule is CN1C(=O)C(C)(C)Nc2ccc3c(c21)c(=O)oc1cc(F)ccc13. The molecule has 0 saturated carbocycles. The fourth-order valence-corrected chi connectivity index (χ4v) is 3.34. The van der Waals surface area contributed by atoms with E-state index in [1.807, 2.05) is 6.07 Å². The van der Waals surface area contributed by atoms with Crippen LogP contribution >= 0.6 is 0 Å². The Labute approximate surface area is 136 Å². The molecule has 6 heteroatoms. The molecule has 122 valence electrons. The monoisotopic (exact) mass is 326 g/mol. The summed E-state index contributed by atoms with van der Waals surface area (Å²) in [6.07, 6.45) is 0. The second-order valence-corrected chi connectivity index (χ2v) is 6.53. The van der Waals surface area contributed by atoms with Gasteiger partial charge in [0.15, 0.2) is 0 Å². The summed E-state index contributed by atoms with van der Waals surface area (Å²) >= 11 is 0. The number of halogens is 1. The molecule has 4 rings (SSSR count). The van der Waals surface area contributed by atoms with Gasteiger partial charge in [-0.15, -0.1) is 0 Å². The summed E-state index contributed by atoms with van der Waals surface area (Å²) in [7, 11) is 1.64. The van der Waals surface area contributed by atoms with Crippen LogP contribution in [-0.4, -0.2) is 18.5 Å². The summed E-state index contributed by atoms with van der Waals surface area (Å²) in [5.74, 6) is -0.625. The molecule has 5 nitrogen and oxygen atoms in total. The maximum Gasteiger partial charge on any atom is 0.346 e. The van der Waals surface area contributed by atoms with Gasteiger partial charge in [0.05, 0.1) is 16.8 Å². The summed E-state index contributed by atoms with van der Waals surface area (Å²) in [5, 5.41) is 4.72. The molecule has 0 bridgehead atoms. The van der Waals surface area contributed by atoms with Crippen LogP contribution in [0.2, 0.25) is 0 Å². The summed E-state index contributed by atoms with van der Waals surface area (Å²) < 4.78 is 18.7. The smallest absolute Gasteiger partial charge is 0.346 e. The van der Waals surface area contributed by atoms with Crippen LogP contribution in [0.5, 0.6) is 0 Å². The second kappa shape index (κ2) is 4.56. The number of rotatable bonds is 0. The first-order valence-corrected chi connectivity index (χ1v) is 7.55. The maximum absolute atomic E-state index is 13.4. The molecule has 24 heavy (non-hydrogen) atoms. The third kappa shape index (κ3) is 1.86. The Morgan fingerprint density at radius 3 is 2.58 bits per heavy atom. The van der Waals surface area contributed by atoms with Crippen LogP contribution in [0.4, 0.5) is 15.8 Å². The lowest BCUT2D eigenvalue weighted by molar-refractivity contribution is -0.121. The highest BCUT2D eigenvalue weighted by atomic mass is 19.1. The number of hydrogen-bond acceptors (Lipinski definition) is 4. The fourth-order valence-electron chi connectivity index (χ4n) is 3.34. The van der Waals surface area contributed by atoms with Crippen LogP contribution in [-0.2, 0) is 4.79 Å². The van der Waals surface area contributed by atoms with Crippen molar-refractivity contribution in [2.24, 2.45) is 0 Å². The number of benzene rings is 2. The third-order valence-electron chi connectivity index (χ3n) is 4.44. The quantitative estimate of drug-likeness (QED) is 0.509.